The van der Waals surface area contributed by atoms with E-state index in [4.69, 9.17) is 6.42 Å². The Bertz CT molecular complexity index is 1000. The molecule has 27 heavy (non-hydrogen) atoms. The predicted molar refractivity (Wildman–Crippen MR) is 108 cm³/mol. The Morgan fingerprint density at radius 1 is 1.33 bits per heavy atom. The summed E-state index contributed by atoms with van der Waals surface area (Å²) in [5.74, 6) is 5.15. The van der Waals surface area contributed by atoms with E-state index < -0.39 is 6.10 Å². The van der Waals surface area contributed by atoms with Crippen LogP contribution in [-0.4, -0.2) is 20.1 Å². The van der Waals surface area contributed by atoms with E-state index in [0.29, 0.717) is 29.5 Å². The fourth-order valence-corrected chi connectivity index (χ4v) is 3.88. The molecule has 5 nitrogen and oxygen atoms in total. The number of terminal acetylenes is 1. The van der Waals surface area contributed by atoms with Crippen molar-refractivity contribution in [2.45, 2.75) is 38.2 Å². The molecule has 1 unspecified atom stereocenters. The monoisotopic (exact) mass is 376 g/mol. The number of aliphatic hydroxyl groups is 1. The molecule has 1 aliphatic rings. The van der Waals surface area contributed by atoms with Crippen LogP contribution in [0, 0.1) is 12.3 Å². The zero-order chi connectivity index (χ0) is 18.8. The van der Waals surface area contributed by atoms with Gasteiger partial charge in [0.2, 0.25) is 0 Å². The quantitative estimate of drug-likeness (QED) is 0.613. The zero-order valence-electron chi connectivity index (χ0n) is 15.0. The van der Waals surface area contributed by atoms with E-state index >= 15 is 0 Å². The Morgan fingerprint density at radius 3 is 2.93 bits per heavy atom. The largest absolute Gasteiger partial charge is 0.388 e. The van der Waals surface area contributed by atoms with Crippen molar-refractivity contribution < 1.29 is 5.11 Å². The van der Waals surface area contributed by atoms with Crippen LogP contribution in [0.5, 0.6) is 0 Å². The van der Waals surface area contributed by atoms with Crippen molar-refractivity contribution in [1.82, 2.24) is 15.0 Å². The van der Waals surface area contributed by atoms with Gasteiger partial charge in [-0.3, -0.25) is 0 Å². The minimum atomic E-state index is -0.458. The number of aliphatic hydroxyl groups excluding tert-OH is 1. The molecule has 0 spiro atoms. The minimum Gasteiger partial charge on any atom is -0.388 e. The molecule has 0 aliphatic heterocycles. The summed E-state index contributed by atoms with van der Waals surface area (Å²) < 4.78 is 0. The number of hydrogen-bond donors (Lipinski definition) is 2. The first kappa shape index (κ1) is 17.7. The van der Waals surface area contributed by atoms with Crippen molar-refractivity contribution in [3.05, 3.63) is 52.7 Å². The smallest absolute Gasteiger partial charge is 0.171 e. The van der Waals surface area contributed by atoms with Gasteiger partial charge in [0.15, 0.2) is 11.6 Å². The van der Waals surface area contributed by atoms with E-state index in [9.17, 15) is 5.11 Å². The summed E-state index contributed by atoms with van der Waals surface area (Å²) >= 11 is 1.49. The van der Waals surface area contributed by atoms with Gasteiger partial charge in [0.05, 0.1) is 16.5 Å². The van der Waals surface area contributed by atoms with Gasteiger partial charge in [0.25, 0.3) is 0 Å². The van der Waals surface area contributed by atoms with Crippen molar-refractivity contribution >= 4 is 23.0 Å². The number of nitrogens with one attached hydrogen (secondary N) is 1. The molecule has 3 aromatic heterocycles. The third-order valence-corrected chi connectivity index (χ3v) is 5.77. The molecule has 0 aromatic carbocycles. The highest BCUT2D eigenvalue weighted by Gasteiger charge is 2.23. The average molecular weight is 376 g/mol. The summed E-state index contributed by atoms with van der Waals surface area (Å²) in [5, 5.41) is 13.3. The molecular weight excluding hydrogens is 356 g/mol. The van der Waals surface area contributed by atoms with Gasteiger partial charge in [-0.1, -0.05) is 12.8 Å². The standard InChI is InChI=1S/C21H20N4OS/c1-3-13-12-23-21(18-8-7-17(27-18)16(26)4-2)25-20(13)24-19-11-15(9-10-22-19)14-5-6-14/h1,7-12,14,16,26H,4-6H2,2H3,(H,22,23,24,25). The fraction of sp³-hybridized carbons (Fsp3) is 0.286. The maximum Gasteiger partial charge on any atom is 0.171 e. The maximum atomic E-state index is 10.0. The summed E-state index contributed by atoms with van der Waals surface area (Å²) in [6.07, 6.45) is 11.8. The van der Waals surface area contributed by atoms with Crippen LogP contribution in [0.15, 0.2) is 36.7 Å². The molecule has 136 valence electrons. The van der Waals surface area contributed by atoms with E-state index in [0.717, 1.165) is 15.6 Å². The fourth-order valence-electron chi connectivity index (χ4n) is 2.86. The lowest BCUT2D eigenvalue weighted by atomic mass is 10.2. The maximum absolute atomic E-state index is 10.0. The molecule has 6 heteroatoms. The molecule has 3 aromatic rings. The first-order chi connectivity index (χ1) is 13.2. The molecule has 0 bridgehead atoms. The molecule has 4 rings (SSSR count). The molecule has 1 aliphatic carbocycles. The third kappa shape index (κ3) is 3.85. The Hall–Kier alpha value is -2.75. The molecule has 2 N–H and O–H groups in total. The topological polar surface area (TPSA) is 70.9 Å². The van der Waals surface area contributed by atoms with Gasteiger partial charge in [-0.05, 0) is 55.0 Å². The summed E-state index contributed by atoms with van der Waals surface area (Å²) in [6.45, 7) is 1.95. The van der Waals surface area contributed by atoms with Gasteiger partial charge >= 0.3 is 0 Å². The SMILES string of the molecule is C#Cc1cnc(-c2ccc(C(O)CC)s2)nc1Nc1cc(C2CC2)ccn1. The molecule has 0 saturated heterocycles. The second-order valence-electron chi connectivity index (χ2n) is 6.60. The van der Waals surface area contributed by atoms with Gasteiger partial charge in [0, 0.05) is 17.3 Å². The normalized spacial score (nSPS) is 14.6. The average Bonchev–Trinajstić information content (AvgIpc) is 3.44. The number of hydrogen-bond acceptors (Lipinski definition) is 6. The van der Waals surface area contributed by atoms with Crippen LogP contribution in [0.4, 0.5) is 11.6 Å². The van der Waals surface area contributed by atoms with E-state index in [2.05, 4.69) is 38.3 Å². The Morgan fingerprint density at radius 2 is 2.19 bits per heavy atom. The molecular formula is C21H20N4OS. The van der Waals surface area contributed by atoms with E-state index in [1.165, 1.54) is 29.7 Å². The molecule has 3 heterocycles. The van der Waals surface area contributed by atoms with Crippen molar-refractivity contribution in [3.63, 3.8) is 0 Å². The first-order valence-corrected chi connectivity index (χ1v) is 9.84. The zero-order valence-corrected chi connectivity index (χ0v) is 15.8. The van der Waals surface area contributed by atoms with Crippen LogP contribution in [0.25, 0.3) is 10.7 Å². The molecule has 0 amide bonds. The van der Waals surface area contributed by atoms with Crippen LogP contribution >= 0.6 is 11.3 Å². The lowest BCUT2D eigenvalue weighted by molar-refractivity contribution is 0.177. The van der Waals surface area contributed by atoms with E-state index in [1.54, 1.807) is 6.20 Å². The number of aromatic nitrogens is 3. The Balaban J connectivity index is 1.64. The Labute approximate surface area is 162 Å². The van der Waals surface area contributed by atoms with Gasteiger partial charge in [-0.25, -0.2) is 15.0 Å². The third-order valence-electron chi connectivity index (χ3n) is 4.59. The highest BCUT2D eigenvalue weighted by atomic mass is 32.1. The van der Waals surface area contributed by atoms with Crippen LogP contribution in [-0.2, 0) is 0 Å². The number of nitrogens with zero attached hydrogens (tertiary/aromatic N) is 3. The van der Waals surface area contributed by atoms with Crippen molar-refractivity contribution in [2.24, 2.45) is 0 Å². The van der Waals surface area contributed by atoms with Crippen LogP contribution < -0.4 is 5.32 Å². The van der Waals surface area contributed by atoms with Gasteiger partial charge in [-0.15, -0.1) is 17.8 Å². The number of anilines is 2. The summed E-state index contributed by atoms with van der Waals surface area (Å²) in [5.41, 5.74) is 1.88. The van der Waals surface area contributed by atoms with E-state index in [-0.39, 0.29) is 0 Å². The lowest BCUT2D eigenvalue weighted by Crippen LogP contribution is -2.02. The van der Waals surface area contributed by atoms with Crippen LogP contribution in [0.1, 0.15) is 54.2 Å². The van der Waals surface area contributed by atoms with Crippen LogP contribution in [0.3, 0.4) is 0 Å². The van der Waals surface area contributed by atoms with Gasteiger partial charge in [-0.2, -0.15) is 0 Å². The second kappa shape index (κ2) is 7.47. The molecule has 1 atom stereocenters. The predicted octanol–water partition coefficient (Wildman–Crippen LogP) is 4.65. The molecule has 1 fully saturated rings. The van der Waals surface area contributed by atoms with E-state index in [1.807, 2.05) is 25.3 Å². The summed E-state index contributed by atoms with van der Waals surface area (Å²) in [6, 6.07) is 7.96. The van der Waals surface area contributed by atoms with Crippen molar-refractivity contribution in [2.75, 3.05) is 5.32 Å². The van der Waals surface area contributed by atoms with Crippen molar-refractivity contribution in [3.8, 4) is 23.0 Å². The first-order valence-electron chi connectivity index (χ1n) is 9.02. The lowest BCUT2D eigenvalue weighted by Gasteiger charge is -2.09. The number of thiophene rings is 1. The summed E-state index contributed by atoms with van der Waals surface area (Å²) in [7, 11) is 0. The highest BCUT2D eigenvalue weighted by molar-refractivity contribution is 7.15. The number of rotatable bonds is 6. The van der Waals surface area contributed by atoms with Crippen LogP contribution in [0.2, 0.25) is 0 Å². The van der Waals surface area contributed by atoms with Gasteiger partial charge in [0.1, 0.15) is 5.82 Å². The molecule has 1 saturated carbocycles. The number of pyridine rings is 1. The van der Waals surface area contributed by atoms with Crippen molar-refractivity contribution in [1.29, 1.82) is 0 Å². The Kier molecular flexibility index (Phi) is 4.88. The van der Waals surface area contributed by atoms with Gasteiger partial charge < -0.3 is 10.4 Å². The minimum absolute atomic E-state index is 0.458. The summed E-state index contributed by atoms with van der Waals surface area (Å²) in [4.78, 5) is 15.2. The second-order valence-corrected chi connectivity index (χ2v) is 7.72. The molecule has 0 radical (unpaired) electrons. The highest BCUT2D eigenvalue weighted by Crippen LogP contribution is 2.40.